The number of aliphatic carboxylic acids is 1. The van der Waals surface area contributed by atoms with E-state index in [9.17, 15) is 13.2 Å². The van der Waals surface area contributed by atoms with Crippen molar-refractivity contribution in [3.8, 4) is 0 Å². The van der Waals surface area contributed by atoms with Crippen molar-refractivity contribution in [2.75, 3.05) is 17.9 Å². The molecule has 2 aromatic carbocycles. The Kier molecular flexibility index (Phi) is 9.60. The first kappa shape index (κ1) is 25.9. The second kappa shape index (κ2) is 11.5. The van der Waals surface area contributed by atoms with Gasteiger partial charge in [-0.2, -0.15) is 0 Å². The van der Waals surface area contributed by atoms with Crippen LogP contribution in [0.5, 0.6) is 0 Å². The van der Waals surface area contributed by atoms with Crippen molar-refractivity contribution in [3.63, 3.8) is 0 Å². The van der Waals surface area contributed by atoms with Gasteiger partial charge < -0.3 is 10.4 Å². The quantitative estimate of drug-likeness (QED) is 0.325. The van der Waals surface area contributed by atoms with Gasteiger partial charge in [0.15, 0.2) is 0 Å². The molecule has 9 heteroatoms. The number of carbonyl (C=O) groups is 1. The Morgan fingerprint density at radius 1 is 1.06 bits per heavy atom. The molecule has 6 nitrogen and oxygen atoms in total. The number of carboxylic acid groups (broad SMARTS) is 1. The highest BCUT2D eigenvalue weighted by atomic mass is 127. The van der Waals surface area contributed by atoms with Crippen LogP contribution in [0.15, 0.2) is 47.4 Å². The molecule has 0 amide bonds. The van der Waals surface area contributed by atoms with Crippen molar-refractivity contribution in [2.45, 2.75) is 49.5 Å². The molecule has 1 heterocycles. The van der Waals surface area contributed by atoms with Gasteiger partial charge in [0.2, 0.25) is 0 Å². The first-order valence-corrected chi connectivity index (χ1v) is 12.7. The molecule has 1 aliphatic heterocycles. The van der Waals surface area contributed by atoms with Crippen molar-refractivity contribution < 1.29 is 18.3 Å². The minimum atomic E-state index is -3.64. The van der Waals surface area contributed by atoms with Crippen molar-refractivity contribution in [2.24, 2.45) is 0 Å². The van der Waals surface area contributed by atoms with E-state index >= 15 is 0 Å². The Hall–Kier alpha value is -1.36. The van der Waals surface area contributed by atoms with Crippen LogP contribution in [0, 0.1) is 3.57 Å². The lowest BCUT2D eigenvalue weighted by atomic mass is 9.96. The summed E-state index contributed by atoms with van der Waals surface area (Å²) < 4.78 is 28.8. The Bertz CT molecular complexity index is 1020. The molecule has 1 aliphatic rings. The molecule has 0 radical (unpaired) electrons. The topological polar surface area (TPSA) is 86.7 Å². The number of carboxylic acids is 1. The van der Waals surface area contributed by atoms with Crippen molar-refractivity contribution >= 4 is 56.7 Å². The summed E-state index contributed by atoms with van der Waals surface area (Å²) in [7, 11) is -2.03. The SMILES string of the molecule is CN1c2ccccc2C(NCCCCCCCC(=O)O)c2ccc(I)cc2S1(=O)=O.Cl. The summed E-state index contributed by atoms with van der Waals surface area (Å²) in [6.45, 7) is 0.757. The summed E-state index contributed by atoms with van der Waals surface area (Å²) in [6, 6.07) is 13.0. The van der Waals surface area contributed by atoms with Crippen LogP contribution in [0.1, 0.15) is 55.7 Å². The van der Waals surface area contributed by atoms with E-state index in [0.29, 0.717) is 10.6 Å². The van der Waals surface area contributed by atoms with Gasteiger partial charge in [0.05, 0.1) is 16.6 Å². The molecule has 0 aliphatic carbocycles. The maximum absolute atomic E-state index is 13.3. The van der Waals surface area contributed by atoms with E-state index < -0.39 is 16.0 Å². The van der Waals surface area contributed by atoms with Crippen LogP contribution < -0.4 is 9.62 Å². The highest BCUT2D eigenvalue weighted by Crippen LogP contribution is 2.40. The van der Waals surface area contributed by atoms with Gasteiger partial charge in [0.1, 0.15) is 0 Å². The first-order valence-electron chi connectivity index (χ1n) is 10.1. The van der Waals surface area contributed by atoms with Gasteiger partial charge in [-0.05, 0) is 71.3 Å². The average Bonchev–Trinajstić information content (AvgIpc) is 2.78. The maximum atomic E-state index is 13.3. The first-order chi connectivity index (χ1) is 14.3. The molecule has 1 unspecified atom stereocenters. The number of nitrogens with one attached hydrogen (secondary N) is 1. The number of para-hydroxylation sites is 1. The maximum Gasteiger partial charge on any atom is 0.303 e. The lowest BCUT2D eigenvalue weighted by Gasteiger charge is -2.22. The predicted octanol–water partition coefficient (Wildman–Crippen LogP) is 4.96. The third-order valence-electron chi connectivity index (χ3n) is 5.43. The summed E-state index contributed by atoms with van der Waals surface area (Å²) in [5, 5.41) is 12.3. The van der Waals surface area contributed by atoms with Crippen LogP contribution in [0.4, 0.5) is 5.69 Å². The molecule has 0 spiro atoms. The van der Waals surface area contributed by atoms with Crippen molar-refractivity contribution in [1.82, 2.24) is 5.32 Å². The molecular formula is C22H28ClIN2O4S. The van der Waals surface area contributed by atoms with Crippen LogP contribution in [0.2, 0.25) is 0 Å². The molecule has 0 fully saturated rings. The third kappa shape index (κ3) is 6.12. The average molecular weight is 579 g/mol. The molecule has 0 bridgehead atoms. The molecule has 2 N–H and O–H groups in total. The minimum absolute atomic E-state index is 0. The summed E-state index contributed by atoms with van der Waals surface area (Å²) >= 11 is 2.14. The van der Waals surface area contributed by atoms with Crippen LogP contribution in [0.3, 0.4) is 0 Å². The number of benzene rings is 2. The highest BCUT2D eigenvalue weighted by Gasteiger charge is 2.34. The zero-order chi connectivity index (χ0) is 21.7. The van der Waals surface area contributed by atoms with E-state index in [2.05, 4.69) is 27.9 Å². The lowest BCUT2D eigenvalue weighted by Crippen LogP contribution is -2.26. The van der Waals surface area contributed by atoms with Gasteiger partial charge in [-0.15, -0.1) is 12.4 Å². The van der Waals surface area contributed by atoms with Crippen LogP contribution in [0.25, 0.3) is 0 Å². The van der Waals surface area contributed by atoms with E-state index in [1.54, 1.807) is 13.1 Å². The number of hydrogen-bond donors (Lipinski definition) is 2. The number of anilines is 1. The minimum Gasteiger partial charge on any atom is -0.481 e. The number of fused-ring (bicyclic) bond motifs is 2. The fraction of sp³-hybridized carbons (Fsp3) is 0.409. The molecule has 170 valence electrons. The smallest absolute Gasteiger partial charge is 0.303 e. The summed E-state index contributed by atoms with van der Waals surface area (Å²) in [4.78, 5) is 10.9. The fourth-order valence-electron chi connectivity index (χ4n) is 3.83. The van der Waals surface area contributed by atoms with E-state index in [0.717, 1.165) is 53.3 Å². The molecule has 1 atom stereocenters. The Morgan fingerprint density at radius 3 is 2.48 bits per heavy atom. The number of halogens is 2. The van der Waals surface area contributed by atoms with Gasteiger partial charge in [0.25, 0.3) is 10.0 Å². The largest absolute Gasteiger partial charge is 0.481 e. The number of unbranched alkanes of at least 4 members (excludes halogenated alkanes) is 4. The standard InChI is InChI=1S/C22H27IN2O4S.ClH/c1-25-19-10-7-6-9-17(19)22(24-14-8-4-2-3-5-11-21(26)27)18-13-12-16(23)15-20(18)30(25,28)29;/h6-7,9-10,12-13,15,22,24H,2-5,8,11,14H2,1H3,(H,26,27);1H. The number of sulfonamides is 1. The Morgan fingerprint density at radius 2 is 1.74 bits per heavy atom. The van der Waals surface area contributed by atoms with Crippen LogP contribution >= 0.6 is 35.0 Å². The molecule has 0 aromatic heterocycles. The molecular weight excluding hydrogens is 551 g/mol. The molecule has 2 aromatic rings. The van der Waals surface area contributed by atoms with Gasteiger partial charge >= 0.3 is 5.97 Å². The summed E-state index contributed by atoms with van der Waals surface area (Å²) in [5.74, 6) is -0.739. The zero-order valence-corrected chi connectivity index (χ0v) is 21.2. The van der Waals surface area contributed by atoms with Gasteiger partial charge in [-0.3, -0.25) is 9.10 Å². The predicted molar refractivity (Wildman–Crippen MR) is 134 cm³/mol. The van der Waals surface area contributed by atoms with Gasteiger partial charge in [-0.1, -0.05) is 43.5 Å². The molecule has 0 saturated heterocycles. The number of nitrogens with zero attached hydrogens (tertiary/aromatic N) is 1. The normalized spacial score (nSPS) is 16.6. The van der Waals surface area contributed by atoms with Crippen LogP contribution in [-0.4, -0.2) is 33.1 Å². The summed E-state index contributed by atoms with van der Waals surface area (Å²) in [5.41, 5.74) is 2.41. The molecule has 31 heavy (non-hydrogen) atoms. The van der Waals surface area contributed by atoms with Gasteiger partial charge in [-0.25, -0.2) is 8.42 Å². The Balaban J connectivity index is 0.00000341. The van der Waals surface area contributed by atoms with Crippen molar-refractivity contribution in [1.29, 1.82) is 0 Å². The second-order valence-corrected chi connectivity index (χ2v) is 10.7. The second-order valence-electron chi connectivity index (χ2n) is 7.51. The van der Waals surface area contributed by atoms with E-state index in [4.69, 9.17) is 5.11 Å². The van der Waals surface area contributed by atoms with E-state index in [1.807, 2.05) is 36.4 Å². The Labute approximate surface area is 204 Å². The zero-order valence-electron chi connectivity index (χ0n) is 17.4. The number of rotatable bonds is 9. The highest BCUT2D eigenvalue weighted by molar-refractivity contribution is 14.1. The number of hydrogen-bond acceptors (Lipinski definition) is 4. The fourth-order valence-corrected chi connectivity index (χ4v) is 6.01. The summed E-state index contributed by atoms with van der Waals surface area (Å²) in [6.07, 6.45) is 4.83. The van der Waals surface area contributed by atoms with Gasteiger partial charge in [0, 0.05) is 17.0 Å². The van der Waals surface area contributed by atoms with Crippen LogP contribution in [-0.2, 0) is 14.8 Å². The molecule has 0 saturated carbocycles. The van der Waals surface area contributed by atoms with Crippen molar-refractivity contribution in [3.05, 3.63) is 57.2 Å². The van der Waals surface area contributed by atoms with E-state index in [1.165, 1.54) is 4.31 Å². The lowest BCUT2D eigenvalue weighted by molar-refractivity contribution is -0.137. The molecule has 3 rings (SSSR count). The van der Waals surface area contributed by atoms with E-state index in [-0.39, 0.29) is 24.9 Å². The monoisotopic (exact) mass is 578 g/mol. The third-order valence-corrected chi connectivity index (χ3v) is 7.93.